The van der Waals surface area contributed by atoms with Crippen molar-refractivity contribution >= 4 is 28.4 Å². The van der Waals surface area contributed by atoms with Crippen LogP contribution in [-0.4, -0.2) is 32.8 Å². The Morgan fingerprint density at radius 1 is 1.31 bits per heavy atom. The van der Waals surface area contributed by atoms with Crippen molar-refractivity contribution < 1.29 is 0 Å². The number of aromatic nitrogens is 4. The van der Waals surface area contributed by atoms with Crippen molar-refractivity contribution in [3.05, 3.63) is 35.7 Å². The Morgan fingerprint density at radius 2 is 2.15 bits per heavy atom. The Kier molecular flexibility index (Phi) is 4.46. The standard InChI is InChI=1S/C19H25N7/c1-12-15-7-6-14(10-17(15)26(2)25-12)23-19-22-11-16(13-4-5-13)18(24-19)21-9-3-8-20/h6-7,10-11,13H,3-5,8-9,20H2,1-2H3,(H2,21,22,23,24). The van der Waals surface area contributed by atoms with Crippen LogP contribution >= 0.6 is 0 Å². The molecule has 0 spiro atoms. The second-order valence-electron chi connectivity index (χ2n) is 6.91. The summed E-state index contributed by atoms with van der Waals surface area (Å²) < 4.78 is 1.90. The van der Waals surface area contributed by atoms with Gasteiger partial charge in [0.05, 0.1) is 11.2 Å². The van der Waals surface area contributed by atoms with Crippen molar-refractivity contribution in [3.63, 3.8) is 0 Å². The molecular formula is C19H25N7. The summed E-state index contributed by atoms with van der Waals surface area (Å²) >= 11 is 0. The molecule has 1 saturated carbocycles. The highest BCUT2D eigenvalue weighted by Gasteiger charge is 2.27. The predicted molar refractivity (Wildman–Crippen MR) is 105 cm³/mol. The average molecular weight is 351 g/mol. The van der Waals surface area contributed by atoms with Gasteiger partial charge in [-0.3, -0.25) is 4.68 Å². The van der Waals surface area contributed by atoms with Crippen molar-refractivity contribution in [2.75, 3.05) is 23.7 Å². The zero-order chi connectivity index (χ0) is 18.1. The predicted octanol–water partition coefficient (Wildman–Crippen LogP) is 3.05. The molecule has 0 unspecified atom stereocenters. The van der Waals surface area contributed by atoms with E-state index in [1.807, 2.05) is 30.9 Å². The third-order valence-electron chi connectivity index (χ3n) is 4.80. The topological polar surface area (TPSA) is 93.7 Å². The number of fused-ring (bicyclic) bond motifs is 1. The van der Waals surface area contributed by atoms with Crippen LogP contribution in [0.3, 0.4) is 0 Å². The van der Waals surface area contributed by atoms with Crippen LogP contribution in [0, 0.1) is 6.92 Å². The summed E-state index contributed by atoms with van der Waals surface area (Å²) in [6.07, 6.45) is 5.31. The molecule has 0 radical (unpaired) electrons. The number of benzene rings is 1. The molecule has 1 fully saturated rings. The van der Waals surface area contributed by atoms with Gasteiger partial charge in [-0.15, -0.1) is 0 Å². The molecule has 2 heterocycles. The first-order valence-corrected chi connectivity index (χ1v) is 9.17. The van der Waals surface area contributed by atoms with E-state index in [1.165, 1.54) is 18.4 Å². The molecule has 0 atom stereocenters. The van der Waals surface area contributed by atoms with Crippen molar-refractivity contribution in [1.82, 2.24) is 19.7 Å². The molecule has 4 rings (SSSR count). The summed E-state index contributed by atoms with van der Waals surface area (Å²) in [5, 5.41) is 12.4. The number of anilines is 3. The monoisotopic (exact) mass is 351 g/mol. The molecule has 0 aliphatic heterocycles. The highest BCUT2D eigenvalue weighted by molar-refractivity contribution is 5.85. The van der Waals surface area contributed by atoms with Gasteiger partial charge < -0.3 is 16.4 Å². The molecule has 26 heavy (non-hydrogen) atoms. The molecular weight excluding hydrogens is 326 g/mol. The van der Waals surface area contributed by atoms with Crippen LogP contribution in [0.2, 0.25) is 0 Å². The van der Waals surface area contributed by atoms with E-state index in [-0.39, 0.29) is 0 Å². The quantitative estimate of drug-likeness (QED) is 0.567. The first-order chi connectivity index (χ1) is 12.7. The molecule has 1 aliphatic carbocycles. The second kappa shape index (κ2) is 6.92. The number of aryl methyl sites for hydroxylation is 2. The minimum absolute atomic E-state index is 0.596. The Labute approximate surface area is 153 Å². The van der Waals surface area contributed by atoms with E-state index in [0.29, 0.717) is 18.4 Å². The molecule has 4 N–H and O–H groups in total. The van der Waals surface area contributed by atoms with Gasteiger partial charge in [0.25, 0.3) is 0 Å². The third-order valence-corrected chi connectivity index (χ3v) is 4.80. The fourth-order valence-electron chi connectivity index (χ4n) is 3.24. The zero-order valence-electron chi connectivity index (χ0n) is 15.3. The molecule has 2 aromatic heterocycles. The van der Waals surface area contributed by atoms with Crippen LogP contribution in [0.5, 0.6) is 0 Å². The summed E-state index contributed by atoms with van der Waals surface area (Å²) in [6, 6.07) is 6.20. The molecule has 7 nitrogen and oxygen atoms in total. The van der Waals surface area contributed by atoms with Crippen LogP contribution in [0.4, 0.5) is 17.5 Å². The number of nitrogens with zero attached hydrogens (tertiary/aromatic N) is 4. The first kappa shape index (κ1) is 16.8. The highest BCUT2D eigenvalue weighted by Crippen LogP contribution is 2.42. The highest BCUT2D eigenvalue weighted by atomic mass is 15.3. The van der Waals surface area contributed by atoms with E-state index in [2.05, 4.69) is 32.8 Å². The largest absolute Gasteiger partial charge is 0.370 e. The molecule has 0 amide bonds. The fraction of sp³-hybridized carbons (Fsp3) is 0.421. The van der Waals surface area contributed by atoms with Gasteiger partial charge in [-0.2, -0.15) is 10.1 Å². The Bertz CT molecular complexity index is 927. The summed E-state index contributed by atoms with van der Waals surface area (Å²) in [6.45, 7) is 3.52. The fourth-order valence-corrected chi connectivity index (χ4v) is 3.24. The van der Waals surface area contributed by atoms with E-state index >= 15 is 0 Å². The SMILES string of the molecule is Cc1nn(C)c2cc(Nc3ncc(C4CC4)c(NCCCN)n3)ccc12. The van der Waals surface area contributed by atoms with E-state index < -0.39 is 0 Å². The van der Waals surface area contributed by atoms with Crippen LogP contribution < -0.4 is 16.4 Å². The average Bonchev–Trinajstić information content (AvgIpc) is 3.43. The Balaban J connectivity index is 1.59. The van der Waals surface area contributed by atoms with Gasteiger partial charge in [0.1, 0.15) is 5.82 Å². The van der Waals surface area contributed by atoms with Gasteiger partial charge >= 0.3 is 0 Å². The first-order valence-electron chi connectivity index (χ1n) is 9.17. The molecule has 0 bridgehead atoms. The lowest BCUT2D eigenvalue weighted by Crippen LogP contribution is -2.12. The van der Waals surface area contributed by atoms with Gasteiger partial charge in [-0.05, 0) is 56.8 Å². The maximum atomic E-state index is 5.60. The number of nitrogens with two attached hydrogens (primary N) is 1. The lowest BCUT2D eigenvalue weighted by molar-refractivity contribution is 0.783. The maximum Gasteiger partial charge on any atom is 0.229 e. The van der Waals surface area contributed by atoms with Crippen molar-refractivity contribution in [3.8, 4) is 0 Å². The number of nitrogens with one attached hydrogen (secondary N) is 2. The summed E-state index contributed by atoms with van der Waals surface area (Å²) in [5.74, 6) is 2.12. The number of rotatable bonds is 7. The Hall–Kier alpha value is -2.67. The molecule has 3 aromatic rings. The smallest absolute Gasteiger partial charge is 0.229 e. The maximum absolute atomic E-state index is 5.60. The lowest BCUT2D eigenvalue weighted by Gasteiger charge is -2.12. The van der Waals surface area contributed by atoms with Gasteiger partial charge in [-0.1, -0.05) is 0 Å². The van der Waals surface area contributed by atoms with Gasteiger partial charge in [0, 0.05) is 36.4 Å². The van der Waals surface area contributed by atoms with Gasteiger partial charge in [-0.25, -0.2) is 4.98 Å². The molecule has 7 heteroatoms. The van der Waals surface area contributed by atoms with Crippen LogP contribution in [0.15, 0.2) is 24.4 Å². The van der Waals surface area contributed by atoms with Gasteiger partial charge in [0.15, 0.2) is 0 Å². The normalized spacial score (nSPS) is 14.0. The molecule has 0 saturated heterocycles. The van der Waals surface area contributed by atoms with Crippen molar-refractivity contribution in [2.24, 2.45) is 12.8 Å². The zero-order valence-corrected chi connectivity index (χ0v) is 15.3. The second-order valence-corrected chi connectivity index (χ2v) is 6.91. The van der Waals surface area contributed by atoms with E-state index in [9.17, 15) is 0 Å². The van der Waals surface area contributed by atoms with Crippen molar-refractivity contribution in [1.29, 1.82) is 0 Å². The summed E-state index contributed by atoms with van der Waals surface area (Å²) in [7, 11) is 1.96. The summed E-state index contributed by atoms with van der Waals surface area (Å²) in [4.78, 5) is 9.23. The molecule has 1 aromatic carbocycles. The van der Waals surface area contributed by atoms with E-state index in [4.69, 9.17) is 10.7 Å². The number of hydrogen-bond acceptors (Lipinski definition) is 6. The summed E-state index contributed by atoms with van der Waals surface area (Å²) in [5.41, 5.74) is 9.89. The van der Waals surface area contributed by atoms with Crippen LogP contribution in [0.1, 0.15) is 36.4 Å². The molecule has 1 aliphatic rings. The van der Waals surface area contributed by atoms with Crippen LogP contribution in [-0.2, 0) is 7.05 Å². The van der Waals surface area contributed by atoms with Crippen molar-refractivity contribution in [2.45, 2.75) is 32.1 Å². The van der Waals surface area contributed by atoms with E-state index in [0.717, 1.165) is 41.1 Å². The minimum atomic E-state index is 0.596. The Morgan fingerprint density at radius 3 is 2.92 bits per heavy atom. The number of hydrogen-bond donors (Lipinski definition) is 3. The molecule has 136 valence electrons. The van der Waals surface area contributed by atoms with Gasteiger partial charge in [0.2, 0.25) is 5.95 Å². The third kappa shape index (κ3) is 3.35. The minimum Gasteiger partial charge on any atom is -0.370 e. The van der Waals surface area contributed by atoms with Crippen LogP contribution in [0.25, 0.3) is 10.9 Å². The lowest BCUT2D eigenvalue weighted by atomic mass is 10.2. The van der Waals surface area contributed by atoms with E-state index in [1.54, 1.807) is 0 Å².